The number of hydrogen-bond acceptors (Lipinski definition) is 3. The number of alkyl halides is 3. The summed E-state index contributed by atoms with van der Waals surface area (Å²) >= 11 is 0. The first-order chi connectivity index (χ1) is 7.09. The van der Waals surface area contributed by atoms with Crippen LogP contribution in [0.1, 0.15) is 5.56 Å². The van der Waals surface area contributed by atoms with Crippen LogP contribution in [0.5, 0.6) is 0 Å². The van der Waals surface area contributed by atoms with Crippen LogP contribution in [0.15, 0.2) is 28.7 Å². The molecule has 0 saturated carbocycles. The molecule has 0 saturated heterocycles. The molecular formula is C9H4F3N2O. The standard InChI is InChI=1S/C9H4F3N2O/c10-9(11,12)7-4-2-1-3-6(7)8-14-13-5-15-8/h1-4H. The van der Waals surface area contributed by atoms with Gasteiger partial charge >= 0.3 is 12.6 Å². The fourth-order valence-corrected chi connectivity index (χ4v) is 1.18. The van der Waals surface area contributed by atoms with E-state index in [1.165, 1.54) is 18.2 Å². The lowest BCUT2D eigenvalue weighted by Gasteiger charge is -2.09. The molecule has 1 aromatic heterocycles. The first-order valence-corrected chi connectivity index (χ1v) is 3.95. The van der Waals surface area contributed by atoms with Crippen molar-refractivity contribution in [1.29, 1.82) is 0 Å². The average molecular weight is 213 g/mol. The third-order valence-electron chi connectivity index (χ3n) is 1.79. The number of rotatable bonds is 1. The van der Waals surface area contributed by atoms with Gasteiger partial charge in [0.25, 0.3) is 0 Å². The largest absolute Gasteiger partial charge is 0.417 e. The molecule has 1 radical (unpaired) electrons. The van der Waals surface area contributed by atoms with Crippen molar-refractivity contribution in [2.24, 2.45) is 0 Å². The summed E-state index contributed by atoms with van der Waals surface area (Å²) in [4.78, 5) is 0. The average Bonchev–Trinajstić information content (AvgIpc) is 2.69. The Kier molecular flexibility index (Phi) is 2.18. The fourth-order valence-electron chi connectivity index (χ4n) is 1.18. The van der Waals surface area contributed by atoms with Crippen molar-refractivity contribution >= 4 is 0 Å². The van der Waals surface area contributed by atoms with E-state index in [1.54, 1.807) is 0 Å². The van der Waals surface area contributed by atoms with E-state index in [0.29, 0.717) is 0 Å². The number of hydrogen-bond donors (Lipinski definition) is 0. The predicted molar refractivity (Wildman–Crippen MR) is 43.6 cm³/mol. The van der Waals surface area contributed by atoms with Gasteiger partial charge in [-0.15, -0.1) is 10.2 Å². The van der Waals surface area contributed by atoms with Crippen molar-refractivity contribution in [1.82, 2.24) is 10.2 Å². The number of aromatic nitrogens is 2. The molecule has 0 aliphatic carbocycles. The zero-order valence-electron chi connectivity index (χ0n) is 7.25. The molecule has 0 unspecified atom stereocenters. The summed E-state index contributed by atoms with van der Waals surface area (Å²) in [5.74, 6) is -0.192. The van der Waals surface area contributed by atoms with Crippen LogP contribution < -0.4 is 0 Å². The normalized spacial score (nSPS) is 11.7. The maximum absolute atomic E-state index is 12.5. The molecule has 1 aromatic carbocycles. The molecule has 2 rings (SSSR count). The molecule has 0 N–H and O–H groups in total. The Morgan fingerprint density at radius 1 is 1.20 bits per heavy atom. The molecule has 0 aliphatic rings. The van der Waals surface area contributed by atoms with Gasteiger partial charge in [0.05, 0.1) is 11.1 Å². The summed E-state index contributed by atoms with van der Waals surface area (Å²) in [6, 6.07) is 4.99. The van der Waals surface area contributed by atoms with Crippen molar-refractivity contribution in [2.45, 2.75) is 6.18 Å². The van der Waals surface area contributed by atoms with Gasteiger partial charge < -0.3 is 4.42 Å². The highest BCUT2D eigenvalue weighted by Crippen LogP contribution is 2.35. The van der Waals surface area contributed by atoms with E-state index >= 15 is 0 Å². The molecule has 0 amide bonds. The van der Waals surface area contributed by atoms with E-state index in [0.717, 1.165) is 6.07 Å². The molecule has 0 atom stereocenters. The first kappa shape index (κ1) is 9.70. The van der Waals surface area contributed by atoms with Crippen molar-refractivity contribution in [2.75, 3.05) is 0 Å². The third kappa shape index (κ3) is 1.83. The lowest BCUT2D eigenvalue weighted by Crippen LogP contribution is -2.06. The molecule has 15 heavy (non-hydrogen) atoms. The molecule has 1 heterocycles. The Morgan fingerprint density at radius 3 is 2.53 bits per heavy atom. The van der Waals surface area contributed by atoms with Crippen molar-refractivity contribution in [3.63, 3.8) is 0 Å². The highest BCUT2D eigenvalue weighted by Gasteiger charge is 2.34. The Hall–Kier alpha value is -1.85. The topological polar surface area (TPSA) is 38.9 Å². The van der Waals surface area contributed by atoms with Crippen LogP contribution in [0.3, 0.4) is 0 Å². The quantitative estimate of drug-likeness (QED) is 0.730. The summed E-state index contributed by atoms with van der Waals surface area (Å²) in [6.07, 6.45) is -2.44. The number of benzene rings is 1. The van der Waals surface area contributed by atoms with Crippen molar-refractivity contribution in [3.05, 3.63) is 36.2 Å². The minimum Gasteiger partial charge on any atom is -0.412 e. The van der Waals surface area contributed by atoms with Crippen molar-refractivity contribution in [3.8, 4) is 11.5 Å². The second kappa shape index (κ2) is 3.38. The van der Waals surface area contributed by atoms with Gasteiger partial charge in [0.15, 0.2) is 0 Å². The summed E-state index contributed by atoms with van der Waals surface area (Å²) in [7, 11) is 0. The molecule has 3 nitrogen and oxygen atoms in total. The van der Waals surface area contributed by atoms with Gasteiger partial charge in [0.1, 0.15) is 0 Å². The van der Waals surface area contributed by atoms with E-state index < -0.39 is 11.7 Å². The van der Waals surface area contributed by atoms with Gasteiger partial charge in [-0.05, 0) is 12.1 Å². The van der Waals surface area contributed by atoms with Gasteiger partial charge in [0, 0.05) is 0 Å². The van der Waals surface area contributed by atoms with E-state index in [2.05, 4.69) is 14.6 Å². The van der Waals surface area contributed by atoms with Crippen LogP contribution in [-0.2, 0) is 6.18 Å². The fraction of sp³-hybridized carbons (Fsp3) is 0.111. The molecule has 0 bridgehead atoms. The zero-order chi connectivity index (χ0) is 10.9. The lowest BCUT2D eigenvalue weighted by molar-refractivity contribution is -0.137. The third-order valence-corrected chi connectivity index (χ3v) is 1.79. The minimum absolute atomic E-state index is 0.140. The van der Waals surface area contributed by atoms with E-state index in [1.807, 2.05) is 6.39 Å². The Labute approximate surface area is 82.6 Å². The SMILES string of the molecule is FC(F)(F)c1ccccc1-c1nn[c]o1. The molecule has 77 valence electrons. The van der Waals surface area contributed by atoms with Crippen molar-refractivity contribution < 1.29 is 17.6 Å². The highest BCUT2D eigenvalue weighted by atomic mass is 19.4. The van der Waals surface area contributed by atoms with Crippen LogP contribution in [0.25, 0.3) is 11.5 Å². The van der Waals surface area contributed by atoms with Gasteiger partial charge in [0.2, 0.25) is 5.89 Å². The summed E-state index contributed by atoms with van der Waals surface area (Å²) in [5, 5.41) is 6.60. The molecule has 6 heteroatoms. The number of halogens is 3. The van der Waals surface area contributed by atoms with E-state index in [-0.39, 0.29) is 11.5 Å². The van der Waals surface area contributed by atoms with Crippen LogP contribution in [-0.4, -0.2) is 10.2 Å². The first-order valence-electron chi connectivity index (χ1n) is 3.95. The molecule has 0 aliphatic heterocycles. The minimum atomic E-state index is -4.44. The lowest BCUT2D eigenvalue weighted by atomic mass is 10.1. The van der Waals surface area contributed by atoms with Crippen LogP contribution in [0.4, 0.5) is 13.2 Å². The van der Waals surface area contributed by atoms with Gasteiger partial charge in [-0.25, -0.2) is 0 Å². The molecule has 2 aromatic rings. The number of nitrogens with zero attached hydrogens (tertiary/aromatic N) is 2. The summed E-state index contributed by atoms with van der Waals surface area (Å²) in [5.41, 5.74) is -0.943. The second-order valence-corrected chi connectivity index (χ2v) is 2.74. The summed E-state index contributed by atoms with van der Waals surface area (Å²) < 4.78 is 42.2. The Morgan fingerprint density at radius 2 is 1.93 bits per heavy atom. The Balaban J connectivity index is 2.58. The van der Waals surface area contributed by atoms with Gasteiger partial charge in [-0.2, -0.15) is 13.2 Å². The maximum atomic E-state index is 12.5. The van der Waals surface area contributed by atoms with E-state index in [9.17, 15) is 13.2 Å². The van der Waals surface area contributed by atoms with Crippen LogP contribution >= 0.6 is 0 Å². The molecule has 0 spiro atoms. The second-order valence-electron chi connectivity index (χ2n) is 2.74. The highest BCUT2D eigenvalue weighted by molar-refractivity contribution is 5.58. The predicted octanol–water partition coefficient (Wildman–Crippen LogP) is 2.56. The Bertz CT molecular complexity index is 451. The van der Waals surface area contributed by atoms with Crippen LogP contribution in [0.2, 0.25) is 0 Å². The van der Waals surface area contributed by atoms with Gasteiger partial charge in [-0.3, -0.25) is 0 Å². The summed E-state index contributed by atoms with van der Waals surface area (Å²) in [6.45, 7) is 0. The zero-order valence-corrected chi connectivity index (χ0v) is 7.25. The smallest absolute Gasteiger partial charge is 0.412 e. The monoisotopic (exact) mass is 213 g/mol. The van der Waals surface area contributed by atoms with Gasteiger partial charge in [-0.1, -0.05) is 12.1 Å². The van der Waals surface area contributed by atoms with Crippen LogP contribution in [0, 0.1) is 6.39 Å². The molecular weight excluding hydrogens is 209 g/mol. The van der Waals surface area contributed by atoms with E-state index in [4.69, 9.17) is 0 Å². The maximum Gasteiger partial charge on any atom is 0.417 e. The molecule has 0 fully saturated rings.